The van der Waals surface area contributed by atoms with Crippen molar-refractivity contribution < 1.29 is 9.32 Å². The van der Waals surface area contributed by atoms with Crippen molar-refractivity contribution in [1.82, 2.24) is 10.1 Å². The fourth-order valence-corrected chi connectivity index (χ4v) is 3.67. The number of carbonyl (C=O) groups is 1. The third-order valence-corrected chi connectivity index (χ3v) is 4.87. The van der Waals surface area contributed by atoms with Crippen LogP contribution in [0.4, 0.5) is 0 Å². The Labute approximate surface area is 122 Å². The second-order valence-corrected chi connectivity index (χ2v) is 6.32. The van der Waals surface area contributed by atoms with Crippen LogP contribution in [0.15, 0.2) is 28.2 Å². The number of aromatic nitrogens is 2. The average Bonchev–Trinajstić information content (AvgIpc) is 3.07. The van der Waals surface area contributed by atoms with E-state index in [0.29, 0.717) is 10.6 Å². The summed E-state index contributed by atoms with van der Waals surface area (Å²) in [6, 6.07) is 3.60. The van der Waals surface area contributed by atoms with E-state index >= 15 is 0 Å². The fourth-order valence-electron chi connectivity index (χ4n) is 1.66. The van der Waals surface area contributed by atoms with E-state index in [9.17, 15) is 4.79 Å². The van der Waals surface area contributed by atoms with Crippen molar-refractivity contribution in [2.45, 2.75) is 6.92 Å². The zero-order valence-corrected chi connectivity index (χ0v) is 12.3. The van der Waals surface area contributed by atoms with Crippen molar-refractivity contribution in [1.29, 1.82) is 0 Å². The molecule has 0 atom stereocenters. The van der Waals surface area contributed by atoms with Gasteiger partial charge in [-0.1, -0.05) is 17.8 Å². The zero-order chi connectivity index (χ0) is 13.4. The molecule has 19 heavy (non-hydrogen) atoms. The Balaban J connectivity index is 2.01. The van der Waals surface area contributed by atoms with Gasteiger partial charge in [0.15, 0.2) is 5.76 Å². The van der Waals surface area contributed by atoms with Crippen molar-refractivity contribution in [3.8, 4) is 22.0 Å². The van der Waals surface area contributed by atoms with Crippen LogP contribution < -0.4 is 0 Å². The van der Waals surface area contributed by atoms with E-state index in [2.05, 4.69) is 22.8 Å². The predicted octanol–water partition coefficient (Wildman–Crippen LogP) is 3.91. The topological polar surface area (TPSA) is 56.0 Å². The van der Waals surface area contributed by atoms with Gasteiger partial charge in [0.2, 0.25) is 5.12 Å². The summed E-state index contributed by atoms with van der Waals surface area (Å²) in [5, 5.41) is 6.22. The van der Waals surface area contributed by atoms with Gasteiger partial charge in [0.05, 0.1) is 11.1 Å². The minimum atomic E-state index is -0.216. The number of rotatable bonds is 3. The highest BCUT2D eigenvalue weighted by Gasteiger charge is 2.15. The van der Waals surface area contributed by atoms with E-state index in [1.807, 2.05) is 18.4 Å². The van der Waals surface area contributed by atoms with E-state index in [4.69, 9.17) is 4.52 Å². The molecule has 4 nitrogen and oxygen atoms in total. The Morgan fingerprint density at radius 1 is 1.47 bits per heavy atom. The highest BCUT2D eigenvalue weighted by Crippen LogP contribution is 2.35. The number of hydrogen-bond acceptors (Lipinski definition) is 6. The van der Waals surface area contributed by atoms with E-state index in [1.165, 1.54) is 22.7 Å². The monoisotopic (exact) mass is 308 g/mol. The molecule has 0 fully saturated rings. The van der Waals surface area contributed by atoms with Gasteiger partial charge in [0.1, 0.15) is 10.7 Å². The van der Waals surface area contributed by atoms with Crippen LogP contribution in [-0.2, 0) is 0 Å². The lowest BCUT2D eigenvalue weighted by atomic mass is 10.2. The van der Waals surface area contributed by atoms with Gasteiger partial charge in [-0.2, -0.15) is 0 Å². The molecule has 3 heterocycles. The molecule has 3 aromatic heterocycles. The number of thiazole rings is 1. The Morgan fingerprint density at radius 2 is 2.32 bits per heavy atom. The molecular formula is C12H8N2O2S3. The van der Waals surface area contributed by atoms with Gasteiger partial charge in [0, 0.05) is 21.9 Å². The Kier molecular flexibility index (Phi) is 3.26. The summed E-state index contributed by atoms with van der Waals surface area (Å²) in [6.07, 6.45) is 1.59. The van der Waals surface area contributed by atoms with Gasteiger partial charge in [-0.3, -0.25) is 4.79 Å². The molecule has 3 rings (SSSR count). The molecule has 0 N–H and O–H groups in total. The molecule has 0 spiro atoms. The highest BCUT2D eigenvalue weighted by atomic mass is 32.1. The van der Waals surface area contributed by atoms with Crippen LogP contribution in [0.3, 0.4) is 0 Å². The standard InChI is InChI=1S/C12H8N2O2S3/c1-6-7(4-10(19-6)12(15)17)11-14-8(5-18-11)9-2-3-13-16-9/h2-5H,1H3,(H,15,17). The largest absolute Gasteiger partial charge is 0.355 e. The van der Waals surface area contributed by atoms with Gasteiger partial charge >= 0.3 is 0 Å². The van der Waals surface area contributed by atoms with Crippen LogP contribution in [0.25, 0.3) is 22.0 Å². The number of hydrogen-bond donors (Lipinski definition) is 1. The summed E-state index contributed by atoms with van der Waals surface area (Å²) in [7, 11) is 0. The number of aryl methyl sites for hydroxylation is 1. The second-order valence-electron chi connectivity index (χ2n) is 3.80. The average molecular weight is 308 g/mol. The summed E-state index contributed by atoms with van der Waals surface area (Å²) in [5.74, 6) is 0.640. The van der Waals surface area contributed by atoms with Crippen LogP contribution in [0.5, 0.6) is 0 Å². The van der Waals surface area contributed by atoms with Gasteiger partial charge in [-0.05, 0) is 13.0 Å². The third kappa shape index (κ3) is 2.36. The number of carbonyl (C=O) groups excluding carboxylic acids is 1. The van der Waals surface area contributed by atoms with Gasteiger partial charge in [-0.15, -0.1) is 22.7 Å². The van der Waals surface area contributed by atoms with Crippen LogP contribution in [0.2, 0.25) is 0 Å². The zero-order valence-electron chi connectivity index (χ0n) is 9.78. The van der Waals surface area contributed by atoms with E-state index in [1.54, 1.807) is 12.3 Å². The number of thiol groups is 1. The first-order chi connectivity index (χ1) is 9.15. The van der Waals surface area contributed by atoms with Crippen molar-refractivity contribution >= 4 is 40.4 Å². The molecule has 0 unspecified atom stereocenters. The quantitative estimate of drug-likeness (QED) is 0.745. The van der Waals surface area contributed by atoms with Crippen LogP contribution in [0, 0.1) is 6.92 Å². The molecule has 0 aromatic carbocycles. The first kappa shape index (κ1) is 12.6. The molecule has 0 aliphatic rings. The molecule has 0 radical (unpaired) electrons. The summed E-state index contributed by atoms with van der Waals surface area (Å²) >= 11 is 6.79. The number of thiophene rings is 1. The molecule has 96 valence electrons. The molecule has 0 bridgehead atoms. The Bertz CT molecular complexity index is 728. The third-order valence-electron chi connectivity index (χ3n) is 2.55. The SMILES string of the molecule is Cc1sc(C(=O)S)cc1-c1nc(-c2ccno2)cs1. The van der Waals surface area contributed by atoms with Crippen LogP contribution >= 0.6 is 35.3 Å². The van der Waals surface area contributed by atoms with Crippen molar-refractivity contribution in [2.75, 3.05) is 0 Å². The summed E-state index contributed by atoms with van der Waals surface area (Å²) in [6.45, 7) is 1.97. The van der Waals surface area contributed by atoms with Crippen molar-refractivity contribution in [3.63, 3.8) is 0 Å². The Hall–Kier alpha value is -1.44. The van der Waals surface area contributed by atoms with Crippen molar-refractivity contribution in [3.05, 3.63) is 33.5 Å². The van der Waals surface area contributed by atoms with Gasteiger partial charge in [0.25, 0.3) is 0 Å². The van der Waals surface area contributed by atoms with E-state index < -0.39 is 0 Å². The minimum absolute atomic E-state index is 0.216. The predicted molar refractivity (Wildman–Crippen MR) is 79.0 cm³/mol. The van der Waals surface area contributed by atoms with Crippen LogP contribution in [0.1, 0.15) is 14.5 Å². The van der Waals surface area contributed by atoms with Crippen molar-refractivity contribution in [2.24, 2.45) is 0 Å². The lowest BCUT2D eigenvalue weighted by Crippen LogP contribution is -1.80. The summed E-state index contributed by atoms with van der Waals surface area (Å²) in [5.41, 5.74) is 1.72. The highest BCUT2D eigenvalue weighted by molar-refractivity contribution is 7.97. The maximum Gasteiger partial charge on any atom is 0.226 e. The minimum Gasteiger partial charge on any atom is -0.355 e. The number of nitrogens with zero attached hydrogens (tertiary/aromatic N) is 2. The lowest BCUT2D eigenvalue weighted by molar-refractivity contribution is 0.109. The molecule has 0 aliphatic heterocycles. The van der Waals surface area contributed by atoms with Crippen LogP contribution in [-0.4, -0.2) is 15.3 Å². The smallest absolute Gasteiger partial charge is 0.226 e. The van der Waals surface area contributed by atoms with E-state index in [-0.39, 0.29) is 5.12 Å². The molecule has 0 saturated carbocycles. The van der Waals surface area contributed by atoms with E-state index in [0.717, 1.165) is 21.1 Å². The van der Waals surface area contributed by atoms with Gasteiger partial charge < -0.3 is 4.52 Å². The second kappa shape index (κ2) is 4.92. The molecule has 7 heteroatoms. The molecule has 0 amide bonds. The van der Waals surface area contributed by atoms with Gasteiger partial charge in [-0.25, -0.2) is 4.98 Å². The Morgan fingerprint density at radius 3 is 2.95 bits per heavy atom. The maximum atomic E-state index is 11.3. The lowest BCUT2D eigenvalue weighted by Gasteiger charge is -1.92. The summed E-state index contributed by atoms with van der Waals surface area (Å²) in [4.78, 5) is 17.5. The fraction of sp³-hybridized carbons (Fsp3) is 0.0833. The molecular weight excluding hydrogens is 300 g/mol. The normalized spacial score (nSPS) is 10.8. The first-order valence-electron chi connectivity index (χ1n) is 5.36. The molecule has 3 aromatic rings. The summed E-state index contributed by atoms with van der Waals surface area (Å²) < 4.78 is 5.07. The molecule has 0 aliphatic carbocycles. The first-order valence-corrected chi connectivity index (χ1v) is 7.50. The molecule has 0 saturated heterocycles. The maximum absolute atomic E-state index is 11.3.